The van der Waals surface area contributed by atoms with Gasteiger partial charge in [-0.1, -0.05) is 127 Å². The number of nitrogen functional groups attached to an aromatic ring is 1. The Bertz CT molecular complexity index is 1190. The highest BCUT2D eigenvalue weighted by molar-refractivity contribution is 5.69. The third-order valence-electron chi connectivity index (χ3n) is 6.16. The first-order valence-electron chi connectivity index (χ1n) is 10.9. The summed E-state index contributed by atoms with van der Waals surface area (Å²) in [7, 11) is 0. The predicted octanol–water partition coefficient (Wildman–Crippen LogP) is 7.32. The van der Waals surface area contributed by atoms with Crippen molar-refractivity contribution in [3.05, 3.63) is 162 Å². The molecule has 5 aromatic rings. The predicted molar refractivity (Wildman–Crippen MR) is 135 cm³/mol. The van der Waals surface area contributed by atoms with Crippen LogP contribution in [0.1, 0.15) is 22.3 Å². The van der Waals surface area contributed by atoms with Crippen molar-refractivity contribution in [3.8, 4) is 11.1 Å². The van der Waals surface area contributed by atoms with Crippen molar-refractivity contribution in [3.63, 3.8) is 0 Å². The molecule has 2 N–H and O–H groups in total. The normalized spacial score (nSPS) is 11.2. The van der Waals surface area contributed by atoms with E-state index in [0.29, 0.717) is 0 Å². The second-order valence-corrected chi connectivity index (χ2v) is 8.05. The van der Waals surface area contributed by atoms with Crippen molar-refractivity contribution in [1.82, 2.24) is 0 Å². The van der Waals surface area contributed by atoms with Crippen LogP contribution in [0.2, 0.25) is 0 Å². The Kier molecular flexibility index (Phi) is 5.31. The van der Waals surface area contributed by atoms with Gasteiger partial charge < -0.3 is 5.73 Å². The molecule has 32 heavy (non-hydrogen) atoms. The Morgan fingerprint density at radius 1 is 0.375 bits per heavy atom. The molecular weight excluding hydrogens is 386 g/mol. The molecule has 0 unspecified atom stereocenters. The fourth-order valence-electron chi connectivity index (χ4n) is 4.70. The average molecular weight is 412 g/mol. The number of benzene rings is 5. The molecule has 0 heterocycles. The number of nitrogens with two attached hydrogens (primary N) is 1. The van der Waals surface area contributed by atoms with Crippen LogP contribution >= 0.6 is 0 Å². The molecule has 0 aromatic heterocycles. The molecule has 5 aromatic carbocycles. The fourth-order valence-corrected chi connectivity index (χ4v) is 4.70. The van der Waals surface area contributed by atoms with Gasteiger partial charge in [-0.3, -0.25) is 0 Å². The molecule has 0 radical (unpaired) electrons. The summed E-state index contributed by atoms with van der Waals surface area (Å²) in [5.41, 5.74) is 13.6. The maximum atomic E-state index is 6.02. The minimum atomic E-state index is -0.419. The molecule has 0 spiro atoms. The van der Waals surface area contributed by atoms with Crippen molar-refractivity contribution in [2.45, 2.75) is 5.41 Å². The van der Waals surface area contributed by atoms with E-state index in [-0.39, 0.29) is 0 Å². The van der Waals surface area contributed by atoms with Gasteiger partial charge >= 0.3 is 0 Å². The van der Waals surface area contributed by atoms with Gasteiger partial charge in [-0.05, 0) is 45.5 Å². The molecule has 0 saturated heterocycles. The molecule has 0 aliphatic rings. The number of hydrogen-bond acceptors (Lipinski definition) is 1. The Morgan fingerprint density at radius 3 is 1.25 bits per heavy atom. The molecule has 0 saturated carbocycles. The van der Waals surface area contributed by atoms with Gasteiger partial charge in [0.1, 0.15) is 0 Å². The third kappa shape index (κ3) is 3.48. The van der Waals surface area contributed by atoms with Gasteiger partial charge in [0.05, 0.1) is 5.41 Å². The monoisotopic (exact) mass is 411 g/mol. The van der Waals surface area contributed by atoms with E-state index in [1.54, 1.807) is 0 Å². The zero-order valence-electron chi connectivity index (χ0n) is 17.9. The second-order valence-electron chi connectivity index (χ2n) is 8.05. The maximum absolute atomic E-state index is 6.02. The summed E-state index contributed by atoms with van der Waals surface area (Å²) in [5, 5.41) is 0. The van der Waals surface area contributed by atoms with E-state index in [1.807, 2.05) is 18.2 Å². The Balaban J connectivity index is 1.77. The fraction of sp³-hybridized carbons (Fsp3) is 0.0323. The molecule has 154 valence electrons. The van der Waals surface area contributed by atoms with Crippen molar-refractivity contribution < 1.29 is 0 Å². The lowest BCUT2D eigenvalue weighted by Crippen LogP contribution is -2.30. The molecule has 1 heteroatoms. The maximum Gasteiger partial charge on any atom is 0.0701 e. The van der Waals surface area contributed by atoms with E-state index in [9.17, 15) is 0 Å². The zero-order valence-corrected chi connectivity index (χ0v) is 17.9. The molecule has 0 bridgehead atoms. The van der Waals surface area contributed by atoms with Gasteiger partial charge in [-0.25, -0.2) is 0 Å². The SMILES string of the molecule is Nc1cccc(-c2ccc(C(c3ccccc3)(c3ccccc3)c3ccccc3)cc2)c1. The number of anilines is 1. The Hall–Kier alpha value is -4.10. The van der Waals surface area contributed by atoms with Crippen LogP contribution in [0.15, 0.2) is 140 Å². The highest BCUT2D eigenvalue weighted by Gasteiger charge is 2.38. The van der Waals surface area contributed by atoms with E-state index >= 15 is 0 Å². The van der Waals surface area contributed by atoms with Crippen LogP contribution in [0, 0.1) is 0 Å². The van der Waals surface area contributed by atoms with E-state index < -0.39 is 5.41 Å². The zero-order chi connectivity index (χ0) is 21.8. The van der Waals surface area contributed by atoms with E-state index in [2.05, 4.69) is 121 Å². The van der Waals surface area contributed by atoms with Crippen molar-refractivity contribution in [2.75, 3.05) is 5.73 Å². The topological polar surface area (TPSA) is 26.0 Å². The Labute approximate surface area is 189 Å². The van der Waals surface area contributed by atoms with E-state index in [0.717, 1.165) is 16.8 Å². The minimum absolute atomic E-state index is 0.419. The lowest BCUT2D eigenvalue weighted by molar-refractivity contribution is 0.745. The van der Waals surface area contributed by atoms with Gasteiger partial charge in [0, 0.05) is 5.69 Å². The van der Waals surface area contributed by atoms with Crippen LogP contribution in [0.3, 0.4) is 0 Å². The molecule has 5 rings (SSSR count). The molecule has 0 atom stereocenters. The lowest BCUT2D eigenvalue weighted by atomic mass is 9.65. The number of rotatable bonds is 5. The summed E-state index contributed by atoms with van der Waals surface area (Å²) in [6.45, 7) is 0. The second kappa shape index (κ2) is 8.56. The standard InChI is InChI=1S/C31H25N/c32-30-18-10-11-25(23-30)24-19-21-29(22-20-24)31(26-12-4-1-5-13-26,27-14-6-2-7-15-27)28-16-8-3-9-17-28/h1-23H,32H2. The molecular formula is C31H25N. The minimum Gasteiger partial charge on any atom is -0.399 e. The van der Waals surface area contributed by atoms with Gasteiger partial charge in [0.2, 0.25) is 0 Å². The largest absolute Gasteiger partial charge is 0.399 e. The molecule has 0 amide bonds. The average Bonchev–Trinajstić information content (AvgIpc) is 2.87. The number of hydrogen-bond donors (Lipinski definition) is 1. The molecule has 0 aliphatic heterocycles. The smallest absolute Gasteiger partial charge is 0.0701 e. The van der Waals surface area contributed by atoms with E-state index in [1.165, 1.54) is 22.3 Å². The highest BCUT2D eigenvalue weighted by Crippen LogP contribution is 2.45. The van der Waals surface area contributed by atoms with Gasteiger partial charge in [0.15, 0.2) is 0 Å². The van der Waals surface area contributed by atoms with Crippen molar-refractivity contribution in [2.24, 2.45) is 0 Å². The first-order chi connectivity index (χ1) is 15.8. The summed E-state index contributed by atoms with van der Waals surface area (Å²) in [6, 6.07) is 49.3. The molecule has 1 nitrogen and oxygen atoms in total. The van der Waals surface area contributed by atoms with Gasteiger partial charge in [-0.15, -0.1) is 0 Å². The highest BCUT2D eigenvalue weighted by atomic mass is 14.5. The molecule has 0 aliphatic carbocycles. The first kappa shape index (κ1) is 19.8. The van der Waals surface area contributed by atoms with Crippen LogP contribution in [0.4, 0.5) is 5.69 Å². The van der Waals surface area contributed by atoms with Gasteiger partial charge in [0.25, 0.3) is 0 Å². The van der Waals surface area contributed by atoms with Crippen LogP contribution in [0.5, 0.6) is 0 Å². The quantitative estimate of drug-likeness (QED) is 0.238. The lowest BCUT2D eigenvalue weighted by Gasteiger charge is -2.37. The van der Waals surface area contributed by atoms with Gasteiger partial charge in [-0.2, -0.15) is 0 Å². The summed E-state index contributed by atoms with van der Waals surface area (Å²) < 4.78 is 0. The third-order valence-corrected chi connectivity index (χ3v) is 6.16. The van der Waals surface area contributed by atoms with Crippen LogP contribution in [0.25, 0.3) is 11.1 Å². The van der Waals surface area contributed by atoms with Crippen LogP contribution in [-0.2, 0) is 5.41 Å². The molecule has 0 fully saturated rings. The van der Waals surface area contributed by atoms with Crippen LogP contribution in [-0.4, -0.2) is 0 Å². The summed E-state index contributed by atoms with van der Waals surface area (Å²) in [5.74, 6) is 0. The van der Waals surface area contributed by atoms with Crippen molar-refractivity contribution in [1.29, 1.82) is 0 Å². The summed E-state index contributed by atoms with van der Waals surface area (Å²) in [4.78, 5) is 0. The van der Waals surface area contributed by atoms with Crippen LogP contribution < -0.4 is 5.73 Å². The summed E-state index contributed by atoms with van der Waals surface area (Å²) >= 11 is 0. The summed E-state index contributed by atoms with van der Waals surface area (Å²) in [6.07, 6.45) is 0. The van der Waals surface area contributed by atoms with Crippen molar-refractivity contribution >= 4 is 5.69 Å². The Morgan fingerprint density at radius 2 is 0.812 bits per heavy atom. The first-order valence-corrected chi connectivity index (χ1v) is 10.9. The van der Waals surface area contributed by atoms with E-state index in [4.69, 9.17) is 5.73 Å².